The summed E-state index contributed by atoms with van der Waals surface area (Å²) in [6.45, 7) is 2.75. The molecule has 0 unspecified atom stereocenters. The van der Waals surface area contributed by atoms with Crippen molar-refractivity contribution in [2.75, 3.05) is 7.11 Å². The molecule has 46 heteroatoms. The van der Waals surface area contributed by atoms with E-state index < -0.39 is 105 Å². The van der Waals surface area contributed by atoms with Crippen LogP contribution in [0.1, 0.15) is 11.1 Å². The van der Waals surface area contributed by atoms with Gasteiger partial charge < -0.3 is 23.7 Å². The minimum absolute atomic E-state index is 0.000167. The van der Waals surface area contributed by atoms with Crippen molar-refractivity contribution in [3.05, 3.63) is 187 Å². The molecule has 0 radical (unpaired) electrons. The molecule has 0 atom stereocenters. The highest BCUT2D eigenvalue weighted by Gasteiger charge is 2.30. The fraction of sp³-hybridized carbons (Fsp3) is 0.0526. The van der Waals surface area contributed by atoms with Gasteiger partial charge in [0, 0.05) is 12.1 Å². The molecule has 0 aliphatic carbocycles. The van der Waals surface area contributed by atoms with E-state index in [2.05, 4.69) is 46.9 Å². The van der Waals surface area contributed by atoms with Gasteiger partial charge in [-0.1, -0.05) is 55.5 Å². The predicted molar refractivity (Wildman–Crippen MR) is 353 cm³/mol. The van der Waals surface area contributed by atoms with E-state index in [0.717, 1.165) is 66.7 Å². The predicted octanol–water partition coefficient (Wildman–Crippen LogP) is 13.5. The fourth-order valence-corrected chi connectivity index (χ4v) is 17.4. The second-order valence-corrected chi connectivity index (χ2v) is 33.2. The van der Waals surface area contributed by atoms with E-state index in [1.165, 1.54) is 93.8 Å². The first-order chi connectivity index (χ1) is 48.8. The Morgan fingerprint density at radius 3 is 0.893 bits per heavy atom. The van der Waals surface area contributed by atoms with Crippen molar-refractivity contribution in [1.29, 1.82) is 0 Å². The van der Waals surface area contributed by atoms with Gasteiger partial charge in [0.2, 0.25) is 29.5 Å². The Kier molecular flexibility index (Phi) is 28.2. The Morgan fingerprint density at radius 1 is 0.282 bits per heavy atom. The lowest BCUT2D eigenvalue weighted by Gasteiger charge is -2.16. The number of sulfone groups is 3. The van der Waals surface area contributed by atoms with Crippen LogP contribution in [0.4, 0.5) is 0 Å². The Hall–Kier alpha value is -7.29. The van der Waals surface area contributed by atoms with Gasteiger partial charge in [-0.2, -0.15) is 25.3 Å². The van der Waals surface area contributed by atoms with Gasteiger partial charge >= 0.3 is 0 Å². The van der Waals surface area contributed by atoms with Crippen molar-refractivity contribution in [1.82, 2.24) is 0 Å². The number of aryl methyl sites for hydroxylation is 2. The molecule has 0 aliphatic rings. The van der Waals surface area contributed by atoms with Crippen LogP contribution >= 0.6 is 60.2 Å². The molecule has 8 N–H and O–H groups in total. The zero-order chi connectivity index (χ0) is 75.1. The molecule has 9 rings (SSSR count). The van der Waals surface area contributed by atoms with Crippen molar-refractivity contribution in [2.24, 2.45) is 0 Å². The van der Waals surface area contributed by atoms with Gasteiger partial charge in [0.05, 0.1) is 131 Å². The lowest BCUT2D eigenvalue weighted by Crippen LogP contribution is -2.07. The highest BCUT2D eigenvalue weighted by atomic mass is 32.2. The molecule has 9 aromatic rings. The summed E-state index contributed by atoms with van der Waals surface area (Å²) in [4.78, 5) is -4.75. The molecule has 9 aromatic carbocycles. The molecule has 0 fully saturated rings. The van der Waals surface area contributed by atoms with E-state index in [1.807, 2.05) is 0 Å². The molecule has 0 spiro atoms. The third kappa shape index (κ3) is 21.0. The first-order valence-corrected chi connectivity index (χ1v) is 39.5. The maximum Gasteiger partial charge on any atom is 0.298 e. The van der Waals surface area contributed by atoms with E-state index in [1.54, 1.807) is 30.3 Å². The van der Waals surface area contributed by atoms with Crippen LogP contribution in [-0.2, 0) is 107 Å². The zero-order valence-corrected chi connectivity index (χ0v) is 60.3. The Labute approximate surface area is 604 Å². The first kappa shape index (κ1) is 81.4. The third-order valence-electron chi connectivity index (χ3n) is 13.1. The van der Waals surface area contributed by atoms with Crippen molar-refractivity contribution in [2.45, 2.75) is 82.4 Å². The summed E-state index contributed by atoms with van der Waals surface area (Å²) in [5, 5.41) is 61.7. The van der Waals surface area contributed by atoms with Crippen molar-refractivity contribution in [3.63, 3.8) is 0 Å². The van der Waals surface area contributed by atoms with Gasteiger partial charge in [0.25, 0.3) is 30.4 Å². The van der Waals surface area contributed by atoms with Crippen LogP contribution in [0.3, 0.4) is 0 Å². The maximum atomic E-state index is 13.9. The summed E-state index contributed by atoms with van der Waals surface area (Å²) >= 11 is 2.00. The third-order valence-corrected chi connectivity index (χ3v) is 24.4. The number of hydrogen-bond donors (Lipinski definition) is 8. The molecular formula is C57H46O35S11. The van der Waals surface area contributed by atoms with E-state index >= 15 is 0 Å². The summed E-state index contributed by atoms with van der Waals surface area (Å²) < 4.78 is 234. The molecule has 103 heavy (non-hydrogen) atoms. The van der Waals surface area contributed by atoms with E-state index in [0.29, 0.717) is 58.6 Å². The standard InChI is InChI=1S/C37H28O22S7.C20H18O13S4/c1-22-7-9-27(20-36(22)65(45,46)47)63(41,42)25-11-15-30(35(19-25)62-59-56-40)52-24-8-13-31(33(17-24)60-57-54-38)53-32-16-12-28(21-37(32)66(48,49)50)64(43,44)26-10-14-29(34(18-26)61-58-55-39)51-23-5-3-2-4-6-23;1-12-3-5-15(11-20(12)37(25,26)27)36(23,24)14-6-8-17(19(10-14)35-33-31-22)29-13-4-7-16(28-2)18(9-13)34-32-30-21/h2-21,38-40H,1H3,(H,45,46,47)(H,48,49,50);3-11,21-22H,1-2H3,(H,25,26,27). The van der Waals surface area contributed by atoms with Crippen LogP contribution in [0.2, 0.25) is 0 Å². The molecule has 0 aliphatic heterocycles. The molecule has 0 heterocycles. The van der Waals surface area contributed by atoms with E-state index in [9.17, 15) is 64.2 Å². The smallest absolute Gasteiger partial charge is 0.298 e. The van der Waals surface area contributed by atoms with Crippen LogP contribution in [0.15, 0.2) is 244 Å². The highest BCUT2D eigenvalue weighted by molar-refractivity contribution is 7.96. The van der Waals surface area contributed by atoms with Crippen molar-refractivity contribution < 1.29 is 161 Å². The lowest BCUT2D eigenvalue weighted by atomic mass is 10.2. The molecule has 0 saturated heterocycles. The molecular weight excluding hydrogens is 1600 g/mol. The molecule has 550 valence electrons. The number of ether oxygens (including phenoxy) is 5. The van der Waals surface area contributed by atoms with Crippen molar-refractivity contribution in [3.8, 4) is 51.7 Å². The van der Waals surface area contributed by atoms with E-state index in [4.69, 9.17) is 50.0 Å². The van der Waals surface area contributed by atoms with Gasteiger partial charge in [0.15, 0.2) is 0 Å². The number of rotatable bonds is 33. The van der Waals surface area contributed by atoms with E-state index in [-0.39, 0.29) is 94.2 Å². The number of hydrogen-bond acceptors (Lipinski definition) is 37. The van der Waals surface area contributed by atoms with Crippen LogP contribution in [0.25, 0.3) is 0 Å². The molecule has 0 amide bonds. The molecule has 35 nitrogen and oxygen atoms in total. The lowest BCUT2D eigenvalue weighted by molar-refractivity contribution is -0.432. The van der Waals surface area contributed by atoms with Gasteiger partial charge in [-0.15, -0.1) is 21.7 Å². The van der Waals surface area contributed by atoms with Gasteiger partial charge in [-0.05, 0) is 158 Å². The van der Waals surface area contributed by atoms with Gasteiger partial charge in [-0.3, -0.25) is 13.7 Å². The number of methoxy groups -OCH3 is 1. The summed E-state index contributed by atoms with van der Waals surface area (Å²) in [6.07, 6.45) is 0. The normalized spacial score (nSPS) is 12.1. The SMILES string of the molecule is COc1ccc(Oc2ccc(S(=O)(=O)c3ccc(C)c(S(=O)(=O)O)c3)cc2SOOO)cc1SOOO.Cc1ccc(S(=O)(=O)c2ccc(Oc3ccc(Oc4ccc(S(=O)(=O)c5ccc(Oc6ccccc6)c(SOOO)c5)cc4S(=O)(=O)O)c(SOOO)c3)c(SOOO)c2)cc1S(=O)(=O)O. The largest absolute Gasteiger partial charge is 0.495 e. The van der Waals surface area contributed by atoms with Crippen molar-refractivity contribution >= 4 is 120 Å². The summed E-state index contributed by atoms with van der Waals surface area (Å²) in [5.74, 6) is 0.00506. The summed E-state index contributed by atoms with van der Waals surface area (Å²) in [7, 11) is -26.6. The topological polar surface area (TPSA) is 505 Å². The first-order valence-electron chi connectivity index (χ1n) is 27.0. The van der Waals surface area contributed by atoms with Gasteiger partial charge in [-0.25, -0.2) is 51.5 Å². The van der Waals surface area contributed by atoms with Crippen LogP contribution in [0, 0.1) is 13.8 Å². The highest BCUT2D eigenvalue weighted by Crippen LogP contribution is 2.45. The van der Waals surface area contributed by atoms with Crippen LogP contribution in [-0.4, -0.2) is 97.6 Å². The quantitative estimate of drug-likeness (QED) is 0.00819. The maximum absolute atomic E-state index is 13.9. The average Bonchev–Trinajstić information content (AvgIpc) is 0.784. The second kappa shape index (κ2) is 35.7. The molecule has 0 bridgehead atoms. The summed E-state index contributed by atoms with van der Waals surface area (Å²) in [6, 6.07) is 35.7. The Morgan fingerprint density at radius 2 is 0.553 bits per heavy atom. The van der Waals surface area contributed by atoms with Crippen LogP contribution < -0.4 is 23.7 Å². The number of para-hydroxylation sites is 1. The Balaban J connectivity index is 0.000000307. The fourth-order valence-electron chi connectivity index (χ4n) is 8.55. The van der Waals surface area contributed by atoms with Gasteiger partial charge in [0.1, 0.15) is 56.6 Å². The molecule has 0 saturated carbocycles. The monoisotopic (exact) mass is 1640 g/mol. The average molecular weight is 1640 g/mol. The zero-order valence-electron chi connectivity index (χ0n) is 51.3. The minimum Gasteiger partial charge on any atom is -0.495 e. The number of benzene rings is 9. The molecule has 0 aromatic heterocycles. The Bertz CT molecular complexity index is 5270. The minimum atomic E-state index is -5.24. The second-order valence-electron chi connectivity index (χ2n) is 19.5. The van der Waals surface area contributed by atoms with Crippen LogP contribution in [0.5, 0.6) is 51.7 Å². The summed E-state index contributed by atoms with van der Waals surface area (Å²) in [5.41, 5.74) is 0.229.